The lowest BCUT2D eigenvalue weighted by Crippen LogP contribution is -2.31. The van der Waals surface area contributed by atoms with Gasteiger partial charge in [0, 0.05) is 20.0 Å². The monoisotopic (exact) mass is 317 g/mol. The summed E-state index contributed by atoms with van der Waals surface area (Å²) in [5.74, 6) is 1.43. The van der Waals surface area contributed by atoms with Crippen molar-refractivity contribution in [2.24, 2.45) is 0 Å². The summed E-state index contributed by atoms with van der Waals surface area (Å²) in [6, 6.07) is 0. The maximum Gasteiger partial charge on any atom is 0.234 e. The number of likely N-dealkylation sites (tertiary alicyclic amines) is 1. The van der Waals surface area contributed by atoms with Crippen molar-refractivity contribution in [3.05, 3.63) is 18.3 Å². The second-order valence-corrected chi connectivity index (χ2v) is 5.85. The summed E-state index contributed by atoms with van der Waals surface area (Å²) in [6.45, 7) is 7.29. The molecule has 8 heteroatoms. The van der Waals surface area contributed by atoms with Gasteiger partial charge in [-0.3, -0.25) is 4.79 Å². The molecule has 3 heterocycles. The van der Waals surface area contributed by atoms with Crippen LogP contribution in [0.5, 0.6) is 5.88 Å². The number of carbonyl (C=O) groups excluding carboxylic acids is 1. The molecule has 1 atom stereocenters. The standard InChI is InChI=1S/C15H19N5O3/c1-4-22-12-8-16-11(7-17-12)13-18-14(23-19-13)15(3)5-6-20(9-15)10(2)21/h7-8H,4-6,9H2,1-3H3. The minimum absolute atomic E-state index is 0.0610. The van der Waals surface area contributed by atoms with E-state index in [1.165, 1.54) is 6.20 Å². The van der Waals surface area contributed by atoms with Crippen molar-refractivity contribution in [3.8, 4) is 17.4 Å². The topological polar surface area (TPSA) is 94.2 Å². The van der Waals surface area contributed by atoms with E-state index in [2.05, 4.69) is 20.1 Å². The summed E-state index contributed by atoms with van der Waals surface area (Å²) in [4.78, 5) is 26.1. The van der Waals surface area contributed by atoms with Crippen molar-refractivity contribution in [1.82, 2.24) is 25.0 Å². The molecule has 1 saturated heterocycles. The lowest BCUT2D eigenvalue weighted by molar-refractivity contribution is -0.128. The van der Waals surface area contributed by atoms with Gasteiger partial charge in [-0.05, 0) is 20.3 Å². The molecule has 1 fully saturated rings. The van der Waals surface area contributed by atoms with Crippen LogP contribution in [0, 0.1) is 0 Å². The van der Waals surface area contributed by atoms with Crippen molar-refractivity contribution in [3.63, 3.8) is 0 Å². The van der Waals surface area contributed by atoms with E-state index in [0.717, 1.165) is 6.42 Å². The summed E-state index contributed by atoms with van der Waals surface area (Å²) < 4.78 is 10.7. The molecular weight excluding hydrogens is 298 g/mol. The number of nitrogens with zero attached hydrogens (tertiary/aromatic N) is 5. The number of rotatable bonds is 4. The number of carbonyl (C=O) groups is 1. The van der Waals surface area contributed by atoms with Gasteiger partial charge in [0.1, 0.15) is 5.69 Å². The molecule has 0 aromatic carbocycles. The molecule has 1 aliphatic rings. The van der Waals surface area contributed by atoms with E-state index < -0.39 is 0 Å². The molecule has 23 heavy (non-hydrogen) atoms. The molecule has 1 aliphatic heterocycles. The Hall–Kier alpha value is -2.51. The third-order valence-corrected chi connectivity index (χ3v) is 4.01. The van der Waals surface area contributed by atoms with Gasteiger partial charge in [-0.15, -0.1) is 0 Å². The maximum atomic E-state index is 11.5. The van der Waals surface area contributed by atoms with Gasteiger partial charge >= 0.3 is 0 Å². The van der Waals surface area contributed by atoms with Gasteiger partial charge in [0.25, 0.3) is 0 Å². The molecule has 3 rings (SSSR count). The number of hydrogen-bond donors (Lipinski definition) is 0. The highest BCUT2D eigenvalue weighted by Gasteiger charge is 2.41. The van der Waals surface area contributed by atoms with E-state index >= 15 is 0 Å². The van der Waals surface area contributed by atoms with Crippen LogP contribution < -0.4 is 4.74 Å². The van der Waals surface area contributed by atoms with Crippen LogP contribution in [0.15, 0.2) is 16.9 Å². The number of aromatic nitrogens is 4. The third kappa shape index (κ3) is 3.01. The first-order valence-corrected chi connectivity index (χ1v) is 7.57. The largest absolute Gasteiger partial charge is 0.477 e. The summed E-state index contributed by atoms with van der Waals surface area (Å²) in [5, 5.41) is 3.99. The van der Waals surface area contributed by atoms with Crippen molar-refractivity contribution in [2.45, 2.75) is 32.6 Å². The van der Waals surface area contributed by atoms with Crippen LogP contribution in [0.1, 0.15) is 33.1 Å². The van der Waals surface area contributed by atoms with Gasteiger partial charge in [-0.2, -0.15) is 4.98 Å². The Morgan fingerprint density at radius 1 is 1.43 bits per heavy atom. The fourth-order valence-electron chi connectivity index (χ4n) is 2.63. The lowest BCUT2D eigenvalue weighted by Gasteiger charge is -2.19. The molecule has 2 aromatic heterocycles. The molecule has 2 aromatic rings. The Balaban J connectivity index is 1.79. The number of ether oxygens (including phenoxy) is 1. The van der Waals surface area contributed by atoms with Crippen molar-refractivity contribution < 1.29 is 14.1 Å². The predicted octanol–water partition coefficient (Wildman–Crippen LogP) is 1.44. The SMILES string of the molecule is CCOc1cnc(-c2noc(C3(C)CCN(C(C)=O)C3)n2)cn1. The molecule has 0 spiro atoms. The van der Waals surface area contributed by atoms with E-state index in [9.17, 15) is 4.79 Å². The van der Waals surface area contributed by atoms with Crippen LogP contribution >= 0.6 is 0 Å². The van der Waals surface area contributed by atoms with Gasteiger partial charge in [0.05, 0.1) is 24.4 Å². The molecule has 122 valence electrons. The lowest BCUT2D eigenvalue weighted by atomic mass is 9.90. The van der Waals surface area contributed by atoms with E-state index in [4.69, 9.17) is 9.26 Å². The highest BCUT2D eigenvalue weighted by Crippen LogP contribution is 2.33. The molecule has 0 N–H and O–H groups in total. The highest BCUT2D eigenvalue weighted by molar-refractivity contribution is 5.73. The maximum absolute atomic E-state index is 11.5. The fraction of sp³-hybridized carbons (Fsp3) is 0.533. The van der Waals surface area contributed by atoms with Crippen molar-refractivity contribution >= 4 is 5.91 Å². The molecule has 8 nitrogen and oxygen atoms in total. The van der Waals surface area contributed by atoms with Gasteiger partial charge in [-0.1, -0.05) is 5.16 Å². The van der Waals surface area contributed by atoms with Gasteiger partial charge < -0.3 is 14.2 Å². The average Bonchev–Trinajstić information content (AvgIpc) is 3.16. The first-order valence-electron chi connectivity index (χ1n) is 7.57. The van der Waals surface area contributed by atoms with E-state index in [0.29, 0.717) is 43.0 Å². The van der Waals surface area contributed by atoms with Crippen LogP contribution in [-0.4, -0.2) is 50.6 Å². The molecule has 0 saturated carbocycles. The Labute approximate surface area is 133 Å². The van der Waals surface area contributed by atoms with Crippen LogP contribution in [-0.2, 0) is 10.2 Å². The molecule has 0 radical (unpaired) electrons. The molecule has 0 bridgehead atoms. The summed E-state index contributed by atoms with van der Waals surface area (Å²) in [6.07, 6.45) is 3.88. The highest BCUT2D eigenvalue weighted by atomic mass is 16.5. The Kier molecular flexibility index (Phi) is 3.97. The molecule has 0 aliphatic carbocycles. The molecular formula is C15H19N5O3. The third-order valence-electron chi connectivity index (χ3n) is 4.01. The minimum Gasteiger partial charge on any atom is -0.477 e. The zero-order valence-corrected chi connectivity index (χ0v) is 13.4. The van der Waals surface area contributed by atoms with Gasteiger partial charge in [0.15, 0.2) is 0 Å². The van der Waals surface area contributed by atoms with E-state index in [-0.39, 0.29) is 11.3 Å². The normalized spacial score (nSPS) is 20.7. The van der Waals surface area contributed by atoms with Crippen molar-refractivity contribution in [2.75, 3.05) is 19.7 Å². The molecule has 1 amide bonds. The van der Waals surface area contributed by atoms with Crippen LogP contribution in [0.2, 0.25) is 0 Å². The van der Waals surface area contributed by atoms with Crippen LogP contribution in [0.4, 0.5) is 0 Å². The summed E-state index contributed by atoms with van der Waals surface area (Å²) in [5.41, 5.74) is 0.198. The van der Waals surface area contributed by atoms with Crippen LogP contribution in [0.3, 0.4) is 0 Å². The number of hydrogen-bond acceptors (Lipinski definition) is 7. The second-order valence-electron chi connectivity index (χ2n) is 5.85. The Morgan fingerprint density at radius 3 is 2.87 bits per heavy atom. The predicted molar refractivity (Wildman–Crippen MR) is 80.7 cm³/mol. The zero-order valence-electron chi connectivity index (χ0n) is 13.4. The fourth-order valence-corrected chi connectivity index (χ4v) is 2.63. The molecule has 1 unspecified atom stereocenters. The minimum atomic E-state index is -0.324. The van der Waals surface area contributed by atoms with Gasteiger partial charge in [0.2, 0.25) is 23.5 Å². The second kappa shape index (κ2) is 5.94. The quantitative estimate of drug-likeness (QED) is 0.842. The first-order chi connectivity index (χ1) is 11.0. The zero-order chi connectivity index (χ0) is 16.4. The smallest absolute Gasteiger partial charge is 0.234 e. The van der Waals surface area contributed by atoms with Gasteiger partial charge in [-0.25, -0.2) is 9.97 Å². The van der Waals surface area contributed by atoms with Crippen LogP contribution in [0.25, 0.3) is 11.5 Å². The van der Waals surface area contributed by atoms with E-state index in [1.54, 1.807) is 18.0 Å². The Bertz CT molecular complexity index is 699. The first kappa shape index (κ1) is 15.4. The summed E-state index contributed by atoms with van der Waals surface area (Å²) in [7, 11) is 0. The Morgan fingerprint density at radius 2 is 2.26 bits per heavy atom. The average molecular weight is 317 g/mol. The summed E-state index contributed by atoms with van der Waals surface area (Å²) >= 11 is 0. The van der Waals surface area contributed by atoms with E-state index in [1.807, 2.05) is 13.8 Å². The number of amides is 1. The van der Waals surface area contributed by atoms with Crippen molar-refractivity contribution in [1.29, 1.82) is 0 Å².